The zero-order chi connectivity index (χ0) is 17.6. The van der Waals surface area contributed by atoms with Gasteiger partial charge in [0.15, 0.2) is 10.7 Å². The Labute approximate surface area is 155 Å². The van der Waals surface area contributed by atoms with Crippen LogP contribution in [0.2, 0.25) is 0 Å². The van der Waals surface area contributed by atoms with Gasteiger partial charge in [0.2, 0.25) is 0 Å². The van der Waals surface area contributed by atoms with Crippen LogP contribution in [0.15, 0.2) is 55.6 Å². The maximum atomic E-state index is 12.4. The summed E-state index contributed by atoms with van der Waals surface area (Å²) in [4.78, 5) is 17.6. The van der Waals surface area contributed by atoms with Crippen LogP contribution < -0.4 is 10.3 Å². The van der Waals surface area contributed by atoms with Gasteiger partial charge in [0.1, 0.15) is 5.75 Å². The Morgan fingerprint density at radius 2 is 2.08 bits per heavy atom. The summed E-state index contributed by atoms with van der Waals surface area (Å²) in [6, 6.07) is 11.3. The minimum absolute atomic E-state index is 0.284. The Bertz CT molecular complexity index is 1170. The zero-order valence-corrected chi connectivity index (χ0v) is 15.8. The van der Waals surface area contributed by atoms with Crippen LogP contribution in [0.3, 0.4) is 0 Å². The van der Waals surface area contributed by atoms with E-state index < -0.39 is 0 Å². The molecular weight excluding hydrogens is 404 g/mol. The molecule has 0 atom stereocenters. The molecule has 0 aliphatic carbocycles. The van der Waals surface area contributed by atoms with Crippen LogP contribution >= 0.6 is 27.7 Å². The van der Waals surface area contributed by atoms with Crippen molar-refractivity contribution in [2.45, 2.75) is 16.8 Å². The lowest BCUT2D eigenvalue weighted by atomic mass is 10.2. The number of hydrogen-bond acceptors (Lipinski definition) is 5. The molecule has 0 spiro atoms. The highest BCUT2D eigenvalue weighted by molar-refractivity contribution is 9.10. The SMILES string of the molecule is COc1ccc2c(=O)nc3c(Sc4ccc(Br)cc4C)n[nH]n3c2c1. The maximum Gasteiger partial charge on any atom is 0.281 e. The van der Waals surface area contributed by atoms with Gasteiger partial charge in [0.05, 0.1) is 18.0 Å². The number of aryl methyl sites for hydroxylation is 1. The van der Waals surface area contributed by atoms with E-state index in [9.17, 15) is 4.79 Å². The third-order valence-electron chi connectivity index (χ3n) is 3.88. The molecule has 0 amide bonds. The van der Waals surface area contributed by atoms with Crippen LogP contribution in [0.1, 0.15) is 5.56 Å². The van der Waals surface area contributed by atoms with E-state index in [-0.39, 0.29) is 5.56 Å². The number of nitrogens with one attached hydrogen (secondary N) is 1. The van der Waals surface area contributed by atoms with E-state index in [2.05, 4.69) is 31.2 Å². The average Bonchev–Trinajstić information content (AvgIpc) is 3.00. The fourth-order valence-corrected chi connectivity index (χ4v) is 3.97. The Hall–Kier alpha value is -2.32. The summed E-state index contributed by atoms with van der Waals surface area (Å²) in [5.41, 5.74) is 2.01. The van der Waals surface area contributed by atoms with Gasteiger partial charge in [0.25, 0.3) is 5.56 Å². The summed E-state index contributed by atoms with van der Waals surface area (Å²) in [7, 11) is 1.59. The molecule has 6 nitrogen and oxygen atoms in total. The lowest BCUT2D eigenvalue weighted by molar-refractivity contribution is 0.415. The molecule has 0 bridgehead atoms. The quantitative estimate of drug-likeness (QED) is 0.549. The van der Waals surface area contributed by atoms with Crippen LogP contribution in [0.25, 0.3) is 16.6 Å². The van der Waals surface area contributed by atoms with E-state index in [1.165, 1.54) is 11.8 Å². The number of halogens is 1. The number of nitrogens with zero attached hydrogens (tertiary/aromatic N) is 3. The van der Waals surface area contributed by atoms with Crippen molar-refractivity contribution < 1.29 is 4.74 Å². The second kappa shape index (κ2) is 6.20. The van der Waals surface area contributed by atoms with Crippen molar-refractivity contribution in [3.8, 4) is 5.75 Å². The van der Waals surface area contributed by atoms with Gasteiger partial charge in [-0.05, 0) is 42.8 Å². The molecule has 0 aliphatic heterocycles. The molecule has 0 fully saturated rings. The number of benzene rings is 2. The van der Waals surface area contributed by atoms with E-state index >= 15 is 0 Å². The summed E-state index contributed by atoms with van der Waals surface area (Å²) in [6.45, 7) is 2.03. The second-order valence-electron chi connectivity index (χ2n) is 5.49. The van der Waals surface area contributed by atoms with Gasteiger partial charge in [-0.1, -0.05) is 27.7 Å². The van der Waals surface area contributed by atoms with E-state index in [1.807, 2.05) is 25.1 Å². The second-order valence-corrected chi connectivity index (χ2v) is 7.43. The molecular formula is C17H13BrN4O2S. The van der Waals surface area contributed by atoms with Crippen molar-refractivity contribution in [2.75, 3.05) is 7.11 Å². The molecule has 8 heteroatoms. The highest BCUT2D eigenvalue weighted by Crippen LogP contribution is 2.32. The van der Waals surface area contributed by atoms with Crippen LogP contribution in [0.4, 0.5) is 0 Å². The van der Waals surface area contributed by atoms with Crippen LogP contribution in [0, 0.1) is 6.92 Å². The first-order valence-electron chi connectivity index (χ1n) is 7.46. The fraction of sp³-hybridized carbons (Fsp3) is 0.118. The first kappa shape index (κ1) is 16.2. The molecule has 0 saturated carbocycles. The molecule has 2 aromatic heterocycles. The topological polar surface area (TPSA) is 72.3 Å². The smallest absolute Gasteiger partial charge is 0.281 e. The summed E-state index contributed by atoms with van der Waals surface area (Å²) in [5, 5.41) is 8.45. The van der Waals surface area contributed by atoms with Gasteiger partial charge in [-0.3, -0.25) is 4.79 Å². The van der Waals surface area contributed by atoms with E-state index in [0.717, 1.165) is 14.9 Å². The first-order chi connectivity index (χ1) is 12.1. The first-order valence-corrected chi connectivity index (χ1v) is 9.06. The van der Waals surface area contributed by atoms with Crippen LogP contribution in [-0.2, 0) is 0 Å². The lowest BCUT2D eigenvalue weighted by Crippen LogP contribution is -2.10. The summed E-state index contributed by atoms with van der Waals surface area (Å²) < 4.78 is 7.99. The monoisotopic (exact) mass is 416 g/mol. The van der Waals surface area contributed by atoms with E-state index in [1.54, 1.807) is 29.8 Å². The van der Waals surface area contributed by atoms with Gasteiger partial charge >= 0.3 is 0 Å². The molecule has 0 unspecified atom stereocenters. The molecule has 2 heterocycles. The van der Waals surface area contributed by atoms with Gasteiger partial charge in [-0.2, -0.15) is 4.98 Å². The minimum atomic E-state index is -0.284. The predicted molar refractivity (Wildman–Crippen MR) is 101 cm³/mol. The maximum absolute atomic E-state index is 12.4. The molecule has 4 aromatic rings. The highest BCUT2D eigenvalue weighted by Gasteiger charge is 2.15. The zero-order valence-electron chi connectivity index (χ0n) is 13.4. The third-order valence-corrected chi connectivity index (χ3v) is 5.52. The minimum Gasteiger partial charge on any atom is -0.497 e. The molecule has 2 aromatic carbocycles. The molecule has 1 N–H and O–H groups in total. The molecule has 25 heavy (non-hydrogen) atoms. The van der Waals surface area contributed by atoms with Crippen molar-refractivity contribution in [1.82, 2.24) is 19.8 Å². The summed E-state index contributed by atoms with van der Waals surface area (Å²) >= 11 is 4.93. The Morgan fingerprint density at radius 3 is 2.84 bits per heavy atom. The summed E-state index contributed by atoms with van der Waals surface area (Å²) in [6.07, 6.45) is 0. The van der Waals surface area contributed by atoms with Crippen LogP contribution in [-0.4, -0.2) is 26.9 Å². The molecule has 0 radical (unpaired) electrons. The lowest BCUT2D eigenvalue weighted by Gasteiger charge is -2.05. The third kappa shape index (κ3) is 2.81. The molecule has 126 valence electrons. The van der Waals surface area contributed by atoms with E-state index in [0.29, 0.717) is 27.3 Å². The Balaban J connectivity index is 1.90. The highest BCUT2D eigenvalue weighted by atomic mass is 79.9. The average molecular weight is 417 g/mol. The number of hydrogen-bond donors (Lipinski definition) is 1. The van der Waals surface area contributed by atoms with Gasteiger partial charge < -0.3 is 4.74 Å². The largest absolute Gasteiger partial charge is 0.497 e. The Kier molecular flexibility index (Phi) is 4.01. The molecule has 0 saturated heterocycles. The van der Waals surface area contributed by atoms with E-state index in [4.69, 9.17) is 4.74 Å². The summed E-state index contributed by atoms with van der Waals surface area (Å²) in [5.74, 6) is 0.666. The van der Waals surface area contributed by atoms with Crippen molar-refractivity contribution in [2.24, 2.45) is 0 Å². The Morgan fingerprint density at radius 1 is 1.24 bits per heavy atom. The van der Waals surface area contributed by atoms with Gasteiger partial charge in [-0.25, -0.2) is 9.73 Å². The standard InChI is InChI=1S/C17H13BrN4O2S/c1-9-7-10(18)3-6-14(9)25-17-15-19-16(23)12-5-4-11(24-2)8-13(12)22(15)21-20-17/h3-8,21H,1-2H3. The van der Waals surface area contributed by atoms with Crippen molar-refractivity contribution in [3.05, 3.63) is 56.8 Å². The number of rotatable bonds is 3. The van der Waals surface area contributed by atoms with Gasteiger partial charge in [-0.15, -0.1) is 5.10 Å². The number of H-pyrrole nitrogens is 1. The van der Waals surface area contributed by atoms with Crippen molar-refractivity contribution in [1.29, 1.82) is 0 Å². The number of fused-ring (bicyclic) bond motifs is 3. The number of aromatic nitrogens is 4. The fourth-order valence-electron chi connectivity index (χ4n) is 2.61. The number of ether oxygens (including phenoxy) is 1. The normalized spacial score (nSPS) is 11.3. The number of aromatic amines is 1. The molecule has 0 aliphatic rings. The van der Waals surface area contributed by atoms with Crippen molar-refractivity contribution >= 4 is 44.2 Å². The van der Waals surface area contributed by atoms with Crippen molar-refractivity contribution in [3.63, 3.8) is 0 Å². The molecule has 4 rings (SSSR count). The van der Waals surface area contributed by atoms with Crippen LogP contribution in [0.5, 0.6) is 5.75 Å². The predicted octanol–water partition coefficient (Wildman–Crippen LogP) is 3.80. The number of methoxy groups -OCH3 is 1. The van der Waals surface area contributed by atoms with Gasteiger partial charge in [0, 0.05) is 15.4 Å².